The molecule has 1 atom stereocenters. The number of hydrogen-bond acceptors (Lipinski definition) is 2. The summed E-state index contributed by atoms with van der Waals surface area (Å²) in [5.74, 6) is 0. The number of rotatable bonds is 7. The van der Waals surface area contributed by atoms with Gasteiger partial charge in [0.1, 0.15) is 0 Å². The maximum atomic E-state index is 2.45. The summed E-state index contributed by atoms with van der Waals surface area (Å²) in [6.45, 7) is 7.64. The Labute approximate surface area is 135 Å². The van der Waals surface area contributed by atoms with E-state index >= 15 is 0 Å². The Morgan fingerprint density at radius 3 is 2.14 bits per heavy atom. The zero-order valence-corrected chi connectivity index (χ0v) is 14.6. The van der Waals surface area contributed by atoms with Gasteiger partial charge in [-0.25, -0.2) is 0 Å². The van der Waals surface area contributed by atoms with Crippen molar-refractivity contribution in [3.05, 3.63) is 59.4 Å². The zero-order valence-electron chi connectivity index (χ0n) is 14.6. The molecule has 3 heteroatoms. The van der Waals surface area contributed by atoms with Crippen LogP contribution in [0.25, 0.3) is 0 Å². The first-order valence-corrected chi connectivity index (χ1v) is 8.16. The van der Waals surface area contributed by atoms with Crippen molar-refractivity contribution in [1.29, 1.82) is 0 Å². The normalized spacial score (nSPS) is 13.0. The molecule has 0 aliphatic heterocycles. The average molecular weight is 299 g/mol. The summed E-state index contributed by atoms with van der Waals surface area (Å²) in [6.07, 6.45) is 0. The van der Waals surface area contributed by atoms with Crippen LogP contribution >= 0.6 is 0 Å². The maximum Gasteiger partial charge on any atom is 0.0751 e. The minimum atomic E-state index is 0.289. The Kier molecular flexibility index (Phi) is 5.81. The van der Waals surface area contributed by atoms with Crippen LogP contribution in [0.3, 0.4) is 0 Å². The topological polar surface area (TPSA) is 11.4 Å². The van der Waals surface area contributed by atoms with Crippen LogP contribution in [-0.2, 0) is 13.6 Å². The lowest BCUT2D eigenvalue weighted by molar-refractivity contribution is 0.286. The second-order valence-corrected chi connectivity index (χ2v) is 6.05. The Morgan fingerprint density at radius 1 is 0.955 bits per heavy atom. The molecule has 1 aromatic carbocycles. The molecule has 3 nitrogen and oxygen atoms in total. The van der Waals surface area contributed by atoms with Gasteiger partial charge in [0.25, 0.3) is 0 Å². The summed E-state index contributed by atoms with van der Waals surface area (Å²) in [6, 6.07) is 15.6. The molecule has 1 heterocycles. The molecular formula is C19H29N3. The van der Waals surface area contributed by atoms with Crippen LogP contribution in [0.4, 0.5) is 0 Å². The Balaban J connectivity index is 2.32. The first-order chi connectivity index (χ1) is 10.6. The van der Waals surface area contributed by atoms with Gasteiger partial charge < -0.3 is 4.57 Å². The number of aromatic nitrogens is 1. The molecule has 1 unspecified atom stereocenters. The van der Waals surface area contributed by atoms with E-state index in [1.54, 1.807) is 0 Å². The summed E-state index contributed by atoms with van der Waals surface area (Å²) in [7, 11) is 6.48. The van der Waals surface area contributed by atoms with E-state index in [0.29, 0.717) is 0 Å². The second-order valence-electron chi connectivity index (χ2n) is 6.05. The van der Waals surface area contributed by atoms with Gasteiger partial charge in [0.2, 0.25) is 0 Å². The van der Waals surface area contributed by atoms with E-state index in [2.05, 4.69) is 91.8 Å². The molecule has 0 radical (unpaired) electrons. The molecule has 0 saturated heterocycles. The summed E-state index contributed by atoms with van der Waals surface area (Å²) >= 11 is 0. The third-order valence-electron chi connectivity index (χ3n) is 4.46. The lowest BCUT2D eigenvalue weighted by Gasteiger charge is -2.26. The van der Waals surface area contributed by atoms with Crippen molar-refractivity contribution in [1.82, 2.24) is 14.4 Å². The van der Waals surface area contributed by atoms with Crippen LogP contribution in [0.1, 0.15) is 36.8 Å². The third kappa shape index (κ3) is 3.60. The lowest BCUT2D eigenvalue weighted by Crippen LogP contribution is -2.26. The van der Waals surface area contributed by atoms with Gasteiger partial charge in [-0.15, -0.1) is 0 Å². The Morgan fingerprint density at radius 2 is 1.59 bits per heavy atom. The molecule has 0 aliphatic rings. The predicted molar refractivity (Wildman–Crippen MR) is 94.0 cm³/mol. The number of benzene rings is 1. The smallest absolute Gasteiger partial charge is 0.0751 e. The first kappa shape index (κ1) is 16.8. The van der Waals surface area contributed by atoms with Crippen molar-refractivity contribution >= 4 is 0 Å². The van der Waals surface area contributed by atoms with Gasteiger partial charge in [0.05, 0.1) is 6.04 Å². The fourth-order valence-electron chi connectivity index (χ4n) is 3.05. The molecule has 0 aliphatic carbocycles. The van der Waals surface area contributed by atoms with E-state index in [9.17, 15) is 0 Å². The van der Waals surface area contributed by atoms with Crippen LogP contribution in [0, 0.1) is 0 Å². The summed E-state index contributed by atoms with van der Waals surface area (Å²) in [4.78, 5) is 4.73. The Hall–Kier alpha value is -1.58. The van der Waals surface area contributed by atoms with Gasteiger partial charge in [0.15, 0.2) is 0 Å². The first-order valence-electron chi connectivity index (χ1n) is 8.16. The number of hydrogen-bond donors (Lipinski definition) is 0. The average Bonchev–Trinajstić information content (AvgIpc) is 2.87. The second kappa shape index (κ2) is 7.61. The third-order valence-corrected chi connectivity index (χ3v) is 4.46. The van der Waals surface area contributed by atoms with E-state index in [-0.39, 0.29) is 6.04 Å². The molecule has 2 aromatic rings. The molecule has 0 bridgehead atoms. The molecule has 0 N–H and O–H groups in total. The predicted octanol–water partition coefficient (Wildman–Crippen LogP) is 3.52. The van der Waals surface area contributed by atoms with Crippen LogP contribution in [0.2, 0.25) is 0 Å². The minimum absolute atomic E-state index is 0.289. The van der Waals surface area contributed by atoms with E-state index < -0.39 is 0 Å². The maximum absolute atomic E-state index is 2.45. The quantitative estimate of drug-likeness (QED) is 0.775. The largest absolute Gasteiger partial charge is 0.349 e. The molecule has 2 rings (SSSR count). The van der Waals surface area contributed by atoms with Gasteiger partial charge >= 0.3 is 0 Å². The zero-order chi connectivity index (χ0) is 16.1. The van der Waals surface area contributed by atoms with E-state index in [1.165, 1.54) is 17.0 Å². The summed E-state index contributed by atoms with van der Waals surface area (Å²) < 4.78 is 2.36. The Bertz CT molecular complexity index is 568. The molecule has 1 aromatic heterocycles. The van der Waals surface area contributed by atoms with E-state index in [1.807, 2.05) is 0 Å². The van der Waals surface area contributed by atoms with Crippen molar-refractivity contribution in [3.63, 3.8) is 0 Å². The van der Waals surface area contributed by atoms with Crippen LogP contribution in [-0.4, -0.2) is 41.6 Å². The molecule has 0 saturated carbocycles. The van der Waals surface area contributed by atoms with Crippen molar-refractivity contribution < 1.29 is 0 Å². The highest BCUT2D eigenvalue weighted by Crippen LogP contribution is 2.28. The van der Waals surface area contributed by atoms with Crippen molar-refractivity contribution in [2.24, 2.45) is 7.05 Å². The van der Waals surface area contributed by atoms with Crippen LogP contribution in [0.15, 0.2) is 42.5 Å². The van der Waals surface area contributed by atoms with E-state index in [4.69, 9.17) is 0 Å². The molecule has 22 heavy (non-hydrogen) atoms. The lowest BCUT2D eigenvalue weighted by atomic mass is 10.0. The highest BCUT2D eigenvalue weighted by Gasteiger charge is 2.20. The summed E-state index contributed by atoms with van der Waals surface area (Å²) in [5, 5.41) is 0. The highest BCUT2D eigenvalue weighted by molar-refractivity contribution is 5.30. The van der Waals surface area contributed by atoms with E-state index in [0.717, 1.165) is 19.6 Å². The van der Waals surface area contributed by atoms with Gasteiger partial charge in [-0.3, -0.25) is 9.80 Å². The summed E-state index contributed by atoms with van der Waals surface area (Å²) in [5.41, 5.74) is 4.06. The highest BCUT2D eigenvalue weighted by atomic mass is 15.2. The van der Waals surface area contributed by atoms with Gasteiger partial charge in [0, 0.05) is 25.0 Å². The van der Waals surface area contributed by atoms with Crippen molar-refractivity contribution in [3.8, 4) is 0 Å². The fraction of sp³-hybridized carbons (Fsp3) is 0.474. The molecule has 0 spiro atoms. The van der Waals surface area contributed by atoms with Crippen molar-refractivity contribution in [2.45, 2.75) is 26.4 Å². The minimum Gasteiger partial charge on any atom is -0.349 e. The van der Waals surface area contributed by atoms with Gasteiger partial charge in [-0.2, -0.15) is 0 Å². The van der Waals surface area contributed by atoms with Gasteiger partial charge in [-0.1, -0.05) is 44.2 Å². The van der Waals surface area contributed by atoms with Crippen molar-refractivity contribution in [2.75, 3.05) is 27.2 Å². The fourth-order valence-corrected chi connectivity index (χ4v) is 3.05. The van der Waals surface area contributed by atoms with Crippen LogP contribution in [0.5, 0.6) is 0 Å². The standard InChI is InChI=1S/C19H29N3/c1-6-22(7-2)15-17-13-14-18(21(17)5)19(20(3)4)16-11-9-8-10-12-16/h8-14,19H,6-7,15H2,1-5H3. The number of nitrogens with zero attached hydrogens (tertiary/aromatic N) is 3. The van der Waals surface area contributed by atoms with Crippen LogP contribution < -0.4 is 0 Å². The molecular weight excluding hydrogens is 270 g/mol. The molecule has 120 valence electrons. The SMILES string of the molecule is CCN(CC)Cc1ccc(C(c2ccccc2)N(C)C)n1C. The molecule has 0 fully saturated rings. The monoisotopic (exact) mass is 299 g/mol. The molecule has 0 amide bonds. The van der Waals surface area contributed by atoms with Gasteiger partial charge in [-0.05, 0) is 44.9 Å².